The Morgan fingerprint density at radius 3 is 2.83 bits per heavy atom. The van der Waals surface area contributed by atoms with Gasteiger partial charge in [0.25, 0.3) is 0 Å². The van der Waals surface area contributed by atoms with E-state index in [9.17, 15) is 9.18 Å². The zero-order valence-corrected chi connectivity index (χ0v) is 10.8. The van der Waals surface area contributed by atoms with E-state index in [-0.39, 0.29) is 11.4 Å². The zero-order chi connectivity index (χ0) is 13.0. The summed E-state index contributed by atoms with van der Waals surface area (Å²) in [4.78, 5) is 10.8. The van der Waals surface area contributed by atoms with Gasteiger partial charge in [0.05, 0.1) is 5.56 Å². The van der Waals surface area contributed by atoms with Gasteiger partial charge in [0.2, 0.25) is 0 Å². The molecule has 0 saturated carbocycles. The largest absolute Gasteiger partial charge is 0.478 e. The number of benzene rings is 1. The fourth-order valence-corrected chi connectivity index (χ4v) is 3.11. The standard InChI is InChI=1S/C13H16FNO2S/c14-12-2-1-9(13(16)17)7-10(12)8-15-11-3-5-18-6-4-11/h1-2,7,11,15H,3-6,8H2,(H,16,17). The normalized spacial score (nSPS) is 16.7. The van der Waals surface area contributed by atoms with Crippen LogP contribution in [0.15, 0.2) is 18.2 Å². The van der Waals surface area contributed by atoms with Crippen LogP contribution < -0.4 is 5.32 Å². The molecule has 0 atom stereocenters. The molecule has 18 heavy (non-hydrogen) atoms. The highest BCUT2D eigenvalue weighted by molar-refractivity contribution is 7.99. The van der Waals surface area contributed by atoms with Crippen LogP contribution in [-0.4, -0.2) is 28.6 Å². The summed E-state index contributed by atoms with van der Waals surface area (Å²) in [6.45, 7) is 0.391. The number of carboxylic acid groups (broad SMARTS) is 1. The van der Waals surface area contributed by atoms with E-state index in [2.05, 4.69) is 5.32 Å². The lowest BCUT2D eigenvalue weighted by atomic mass is 10.1. The van der Waals surface area contributed by atoms with Crippen molar-refractivity contribution < 1.29 is 14.3 Å². The van der Waals surface area contributed by atoms with Crippen LogP contribution in [0, 0.1) is 5.82 Å². The maximum absolute atomic E-state index is 13.6. The maximum Gasteiger partial charge on any atom is 0.335 e. The Balaban J connectivity index is 1.99. The average molecular weight is 269 g/mol. The van der Waals surface area contributed by atoms with Gasteiger partial charge in [-0.1, -0.05) is 0 Å². The van der Waals surface area contributed by atoms with Crippen LogP contribution in [0.2, 0.25) is 0 Å². The minimum atomic E-state index is -1.02. The number of hydrogen-bond donors (Lipinski definition) is 2. The summed E-state index contributed by atoms with van der Waals surface area (Å²) >= 11 is 1.94. The van der Waals surface area contributed by atoms with E-state index in [0.29, 0.717) is 18.2 Å². The number of thioether (sulfide) groups is 1. The first-order chi connectivity index (χ1) is 8.66. The highest BCUT2D eigenvalue weighted by atomic mass is 32.2. The van der Waals surface area contributed by atoms with Crippen molar-refractivity contribution in [3.63, 3.8) is 0 Å². The van der Waals surface area contributed by atoms with Crippen molar-refractivity contribution in [2.24, 2.45) is 0 Å². The smallest absolute Gasteiger partial charge is 0.335 e. The Bertz CT molecular complexity index is 433. The van der Waals surface area contributed by atoms with E-state index < -0.39 is 5.97 Å². The van der Waals surface area contributed by atoms with Gasteiger partial charge in [-0.15, -0.1) is 0 Å². The third-order valence-corrected chi connectivity index (χ3v) is 4.14. The summed E-state index contributed by atoms with van der Waals surface area (Å²) in [5.74, 6) is 0.896. The molecule has 2 N–H and O–H groups in total. The van der Waals surface area contributed by atoms with E-state index >= 15 is 0 Å². The molecule has 1 saturated heterocycles. The van der Waals surface area contributed by atoms with Crippen molar-refractivity contribution in [1.29, 1.82) is 0 Å². The molecule has 0 unspecified atom stereocenters. The van der Waals surface area contributed by atoms with E-state index in [0.717, 1.165) is 24.3 Å². The van der Waals surface area contributed by atoms with E-state index in [1.54, 1.807) is 0 Å². The van der Waals surface area contributed by atoms with Crippen molar-refractivity contribution in [3.05, 3.63) is 35.1 Å². The lowest BCUT2D eigenvalue weighted by Crippen LogP contribution is -2.32. The number of rotatable bonds is 4. The van der Waals surface area contributed by atoms with Crippen LogP contribution in [-0.2, 0) is 6.54 Å². The molecule has 98 valence electrons. The van der Waals surface area contributed by atoms with Crippen LogP contribution in [0.1, 0.15) is 28.8 Å². The molecular formula is C13H16FNO2S. The van der Waals surface area contributed by atoms with Gasteiger partial charge in [0.1, 0.15) is 5.82 Å². The van der Waals surface area contributed by atoms with Crippen molar-refractivity contribution in [2.45, 2.75) is 25.4 Å². The summed E-state index contributed by atoms with van der Waals surface area (Å²) in [7, 11) is 0. The summed E-state index contributed by atoms with van der Waals surface area (Å²) in [6.07, 6.45) is 2.18. The van der Waals surface area contributed by atoms with E-state index in [4.69, 9.17) is 5.11 Å². The molecule has 3 nitrogen and oxygen atoms in total. The number of hydrogen-bond acceptors (Lipinski definition) is 3. The fraction of sp³-hybridized carbons (Fsp3) is 0.462. The predicted octanol–water partition coefficient (Wildman–Crippen LogP) is 2.51. The molecule has 1 aromatic rings. The highest BCUT2D eigenvalue weighted by Gasteiger charge is 2.14. The summed E-state index contributed by atoms with van der Waals surface area (Å²) < 4.78 is 13.6. The van der Waals surface area contributed by atoms with E-state index in [1.807, 2.05) is 11.8 Å². The van der Waals surface area contributed by atoms with Gasteiger partial charge >= 0.3 is 5.97 Å². The number of carboxylic acids is 1. The Morgan fingerprint density at radius 1 is 1.44 bits per heavy atom. The molecule has 1 aromatic carbocycles. The van der Waals surface area contributed by atoms with Gasteiger partial charge in [-0.05, 0) is 42.5 Å². The Labute approximate surface area is 110 Å². The molecule has 1 aliphatic rings. The molecule has 0 aliphatic carbocycles. The van der Waals surface area contributed by atoms with Crippen LogP contribution in [0.4, 0.5) is 4.39 Å². The molecule has 1 fully saturated rings. The van der Waals surface area contributed by atoms with Gasteiger partial charge in [0, 0.05) is 18.2 Å². The summed E-state index contributed by atoms with van der Waals surface area (Å²) in [5, 5.41) is 12.2. The van der Waals surface area contributed by atoms with Gasteiger partial charge in [-0.3, -0.25) is 0 Å². The van der Waals surface area contributed by atoms with Crippen molar-refractivity contribution in [3.8, 4) is 0 Å². The van der Waals surface area contributed by atoms with Gasteiger partial charge in [-0.25, -0.2) is 9.18 Å². The van der Waals surface area contributed by atoms with Crippen molar-refractivity contribution in [2.75, 3.05) is 11.5 Å². The number of aromatic carboxylic acids is 1. The van der Waals surface area contributed by atoms with Crippen LogP contribution in [0.3, 0.4) is 0 Å². The maximum atomic E-state index is 13.6. The molecule has 0 bridgehead atoms. The second-order valence-corrected chi connectivity index (χ2v) is 5.60. The van der Waals surface area contributed by atoms with Crippen LogP contribution >= 0.6 is 11.8 Å². The average Bonchev–Trinajstić information content (AvgIpc) is 2.38. The molecular weight excluding hydrogens is 253 g/mol. The first kappa shape index (κ1) is 13.4. The second-order valence-electron chi connectivity index (χ2n) is 4.38. The minimum Gasteiger partial charge on any atom is -0.478 e. The molecule has 5 heteroatoms. The molecule has 0 aromatic heterocycles. The van der Waals surface area contributed by atoms with Gasteiger partial charge in [0.15, 0.2) is 0 Å². The molecule has 0 spiro atoms. The number of halogens is 1. The molecule has 2 rings (SSSR count). The first-order valence-corrected chi connectivity index (χ1v) is 7.15. The lowest BCUT2D eigenvalue weighted by molar-refractivity contribution is 0.0696. The van der Waals surface area contributed by atoms with Gasteiger partial charge in [-0.2, -0.15) is 11.8 Å². The molecule has 1 aliphatic heterocycles. The fourth-order valence-electron chi connectivity index (χ4n) is 2.00. The molecule has 0 radical (unpaired) electrons. The SMILES string of the molecule is O=C(O)c1ccc(F)c(CNC2CCSCC2)c1. The zero-order valence-electron chi connectivity index (χ0n) is 9.99. The second kappa shape index (κ2) is 6.20. The number of nitrogens with one attached hydrogen (secondary N) is 1. The van der Waals surface area contributed by atoms with Crippen molar-refractivity contribution >= 4 is 17.7 Å². The topological polar surface area (TPSA) is 49.3 Å². The lowest BCUT2D eigenvalue weighted by Gasteiger charge is -2.22. The first-order valence-electron chi connectivity index (χ1n) is 5.99. The summed E-state index contributed by atoms with van der Waals surface area (Å²) in [6, 6.07) is 4.33. The Kier molecular flexibility index (Phi) is 4.60. The predicted molar refractivity (Wildman–Crippen MR) is 70.5 cm³/mol. The third kappa shape index (κ3) is 3.46. The minimum absolute atomic E-state index is 0.132. The molecule has 0 amide bonds. The van der Waals surface area contributed by atoms with Crippen LogP contribution in [0.25, 0.3) is 0 Å². The highest BCUT2D eigenvalue weighted by Crippen LogP contribution is 2.18. The van der Waals surface area contributed by atoms with Crippen molar-refractivity contribution in [1.82, 2.24) is 5.32 Å². The van der Waals surface area contributed by atoms with Gasteiger partial charge < -0.3 is 10.4 Å². The van der Waals surface area contributed by atoms with Crippen LogP contribution in [0.5, 0.6) is 0 Å². The monoisotopic (exact) mass is 269 g/mol. The molecule has 1 heterocycles. The quantitative estimate of drug-likeness (QED) is 0.882. The Morgan fingerprint density at radius 2 is 2.17 bits per heavy atom. The Hall–Kier alpha value is -1.07. The number of carbonyl (C=O) groups is 1. The van der Waals surface area contributed by atoms with E-state index in [1.165, 1.54) is 18.2 Å². The summed E-state index contributed by atoms with van der Waals surface area (Å²) in [5.41, 5.74) is 0.556. The third-order valence-electron chi connectivity index (χ3n) is 3.10.